The van der Waals surface area contributed by atoms with Gasteiger partial charge in [-0.15, -0.1) is 0 Å². The number of nitrogens with zero attached hydrogens (tertiary/aromatic N) is 3. The first-order valence-electron chi connectivity index (χ1n) is 10.4. The summed E-state index contributed by atoms with van der Waals surface area (Å²) in [7, 11) is 0. The number of hydrogen-bond acceptors (Lipinski definition) is 3. The molecule has 1 amide bonds. The Morgan fingerprint density at radius 3 is 2.54 bits per heavy atom. The number of rotatable bonds is 9. The van der Waals surface area contributed by atoms with E-state index in [1.165, 1.54) is 11.1 Å². The molecule has 2 atom stereocenters. The highest BCUT2D eigenvalue weighted by molar-refractivity contribution is 6.39. The average molecular weight is 382 g/mol. The maximum atomic E-state index is 12.8. The Bertz CT molecular complexity index is 813. The largest absolute Gasteiger partial charge is 0.337 e. The first-order chi connectivity index (χ1) is 13.5. The van der Waals surface area contributed by atoms with Crippen LogP contribution in [0.25, 0.3) is 0 Å². The van der Waals surface area contributed by atoms with Crippen LogP contribution in [0.15, 0.2) is 36.9 Å². The molecule has 0 saturated carbocycles. The van der Waals surface area contributed by atoms with Crippen LogP contribution in [0.1, 0.15) is 61.8 Å². The van der Waals surface area contributed by atoms with Gasteiger partial charge in [0.15, 0.2) is 0 Å². The molecule has 2 aromatic rings. The lowest BCUT2D eigenvalue weighted by molar-refractivity contribution is -0.141. The van der Waals surface area contributed by atoms with Crippen LogP contribution in [0.4, 0.5) is 0 Å². The molecule has 1 aromatic carbocycles. The minimum Gasteiger partial charge on any atom is -0.337 e. The maximum Gasteiger partial charge on any atom is 0.290 e. The van der Waals surface area contributed by atoms with E-state index in [-0.39, 0.29) is 23.7 Å². The van der Waals surface area contributed by atoms with Crippen LogP contribution in [0.3, 0.4) is 0 Å². The molecular weight excluding hydrogens is 350 g/mol. The highest BCUT2D eigenvalue weighted by Crippen LogP contribution is 2.39. The van der Waals surface area contributed by atoms with Gasteiger partial charge in [-0.2, -0.15) is 0 Å². The van der Waals surface area contributed by atoms with Crippen molar-refractivity contribution in [2.75, 3.05) is 6.54 Å². The third-order valence-electron chi connectivity index (χ3n) is 5.89. The van der Waals surface area contributed by atoms with E-state index in [0.717, 1.165) is 44.2 Å². The Hall–Kier alpha value is -2.43. The van der Waals surface area contributed by atoms with Gasteiger partial charge in [0.05, 0.1) is 18.3 Å². The van der Waals surface area contributed by atoms with E-state index in [1.807, 2.05) is 15.7 Å². The van der Waals surface area contributed by atoms with Gasteiger partial charge in [0.25, 0.3) is 5.91 Å². The van der Waals surface area contributed by atoms with Crippen molar-refractivity contribution in [3.8, 4) is 0 Å². The lowest BCUT2D eigenvalue weighted by Gasteiger charge is -2.28. The fraction of sp³-hybridized carbons (Fsp3) is 0.522. The lowest BCUT2D eigenvalue weighted by Crippen LogP contribution is -2.31. The monoisotopic (exact) mass is 381 g/mol. The van der Waals surface area contributed by atoms with Gasteiger partial charge >= 0.3 is 0 Å². The Kier molecular flexibility index (Phi) is 6.65. The molecule has 2 unspecified atom stereocenters. The number of amides is 1. The summed E-state index contributed by atoms with van der Waals surface area (Å²) in [6, 6.07) is 6.21. The molecule has 1 aromatic heterocycles. The van der Waals surface area contributed by atoms with E-state index in [1.54, 1.807) is 12.5 Å². The van der Waals surface area contributed by atoms with Crippen molar-refractivity contribution in [3.63, 3.8) is 0 Å². The number of Topliss-reactive ketones (excluding diaryl/α,β-unsaturated/α-hetero) is 1. The van der Waals surface area contributed by atoms with Crippen LogP contribution in [-0.4, -0.2) is 32.7 Å². The number of benzene rings is 1. The molecule has 2 heterocycles. The van der Waals surface area contributed by atoms with Crippen molar-refractivity contribution in [3.05, 3.63) is 53.6 Å². The van der Waals surface area contributed by atoms with Crippen molar-refractivity contribution in [2.24, 2.45) is 5.92 Å². The second kappa shape index (κ2) is 9.18. The SMILES string of the molecule is CCCCCC1C(=O)C(=O)N(CCCn2ccnc2)C1c1ccc(C)c(C)c1. The molecule has 28 heavy (non-hydrogen) atoms. The van der Waals surface area contributed by atoms with Crippen molar-refractivity contribution in [2.45, 2.75) is 65.5 Å². The molecule has 1 saturated heterocycles. The Balaban J connectivity index is 1.82. The number of aryl methyl sites for hydroxylation is 3. The van der Waals surface area contributed by atoms with Crippen molar-refractivity contribution < 1.29 is 9.59 Å². The van der Waals surface area contributed by atoms with Gasteiger partial charge in [-0.1, -0.05) is 44.4 Å². The van der Waals surface area contributed by atoms with E-state index >= 15 is 0 Å². The van der Waals surface area contributed by atoms with E-state index in [0.29, 0.717) is 6.54 Å². The van der Waals surface area contributed by atoms with Crippen molar-refractivity contribution in [1.29, 1.82) is 0 Å². The number of likely N-dealkylation sites (tertiary alicyclic amines) is 1. The molecule has 1 aliphatic heterocycles. The predicted molar refractivity (Wildman–Crippen MR) is 110 cm³/mol. The molecule has 3 rings (SSSR count). The van der Waals surface area contributed by atoms with Crippen LogP contribution in [0.2, 0.25) is 0 Å². The minimum absolute atomic E-state index is 0.140. The Morgan fingerprint density at radius 1 is 1.04 bits per heavy atom. The van der Waals surface area contributed by atoms with Gasteiger partial charge in [-0.3, -0.25) is 9.59 Å². The molecule has 0 radical (unpaired) electrons. The molecule has 0 bridgehead atoms. The molecule has 1 aliphatic rings. The molecule has 5 nitrogen and oxygen atoms in total. The van der Waals surface area contributed by atoms with Crippen molar-refractivity contribution >= 4 is 11.7 Å². The first-order valence-corrected chi connectivity index (χ1v) is 10.4. The van der Waals surface area contributed by atoms with Crippen LogP contribution < -0.4 is 0 Å². The van der Waals surface area contributed by atoms with Crippen LogP contribution in [-0.2, 0) is 16.1 Å². The van der Waals surface area contributed by atoms with Gasteiger partial charge in [-0.05, 0) is 43.4 Å². The molecular formula is C23H31N3O2. The van der Waals surface area contributed by atoms with Gasteiger partial charge in [0, 0.05) is 25.5 Å². The number of imidazole rings is 1. The van der Waals surface area contributed by atoms with E-state index in [9.17, 15) is 9.59 Å². The van der Waals surface area contributed by atoms with E-state index in [4.69, 9.17) is 0 Å². The number of unbranched alkanes of at least 4 members (excludes halogenated alkanes) is 2. The van der Waals surface area contributed by atoms with E-state index < -0.39 is 0 Å². The van der Waals surface area contributed by atoms with Gasteiger partial charge in [0.1, 0.15) is 0 Å². The molecule has 5 heteroatoms. The number of carbonyl (C=O) groups excluding carboxylic acids is 2. The molecule has 0 N–H and O–H groups in total. The molecule has 0 spiro atoms. The summed E-state index contributed by atoms with van der Waals surface area (Å²) in [6.07, 6.45) is 10.2. The van der Waals surface area contributed by atoms with E-state index in [2.05, 4.69) is 44.0 Å². The molecule has 0 aliphatic carbocycles. The molecule has 150 valence electrons. The second-order valence-electron chi connectivity index (χ2n) is 7.91. The number of hydrogen-bond donors (Lipinski definition) is 0. The van der Waals surface area contributed by atoms with Crippen LogP contribution in [0, 0.1) is 19.8 Å². The third kappa shape index (κ3) is 4.34. The number of aromatic nitrogens is 2. The van der Waals surface area contributed by atoms with Gasteiger partial charge in [0.2, 0.25) is 5.78 Å². The summed E-state index contributed by atoms with van der Waals surface area (Å²) >= 11 is 0. The quantitative estimate of drug-likeness (QED) is 0.482. The van der Waals surface area contributed by atoms with Gasteiger partial charge in [-0.25, -0.2) is 4.98 Å². The minimum atomic E-state index is -0.310. The zero-order valence-electron chi connectivity index (χ0n) is 17.2. The fourth-order valence-electron chi connectivity index (χ4n) is 4.13. The summed E-state index contributed by atoms with van der Waals surface area (Å²) in [6.45, 7) is 7.71. The van der Waals surface area contributed by atoms with Crippen LogP contribution >= 0.6 is 0 Å². The topological polar surface area (TPSA) is 55.2 Å². The summed E-state index contributed by atoms with van der Waals surface area (Å²) in [5.41, 5.74) is 3.52. The average Bonchev–Trinajstić information content (AvgIpc) is 3.27. The standard InChI is InChI=1S/C23H31N3O2/c1-4-5-6-8-20-21(19-10-9-17(2)18(3)15-19)26(23(28)22(20)27)13-7-12-25-14-11-24-16-25/h9-11,14-16,20-21H,4-8,12-13H2,1-3H3. The summed E-state index contributed by atoms with van der Waals surface area (Å²) in [4.78, 5) is 31.5. The zero-order chi connectivity index (χ0) is 20.1. The van der Waals surface area contributed by atoms with Crippen LogP contribution in [0.5, 0.6) is 0 Å². The fourth-order valence-corrected chi connectivity index (χ4v) is 4.13. The smallest absolute Gasteiger partial charge is 0.290 e. The van der Waals surface area contributed by atoms with Gasteiger partial charge < -0.3 is 9.47 Å². The summed E-state index contributed by atoms with van der Waals surface area (Å²) in [5.74, 6) is -0.744. The normalized spacial score (nSPS) is 19.6. The number of ketones is 1. The Morgan fingerprint density at radius 2 is 1.86 bits per heavy atom. The highest BCUT2D eigenvalue weighted by atomic mass is 16.2. The highest BCUT2D eigenvalue weighted by Gasteiger charge is 2.47. The maximum absolute atomic E-state index is 12.8. The Labute approximate surface area is 167 Å². The lowest BCUT2D eigenvalue weighted by atomic mass is 9.87. The zero-order valence-corrected chi connectivity index (χ0v) is 17.2. The second-order valence-corrected chi connectivity index (χ2v) is 7.91. The van der Waals surface area contributed by atoms with Crippen molar-refractivity contribution in [1.82, 2.24) is 14.5 Å². The predicted octanol–water partition coefficient (Wildman–Crippen LogP) is 4.24. The molecule has 1 fully saturated rings. The summed E-state index contributed by atoms with van der Waals surface area (Å²) < 4.78 is 2.01. The number of carbonyl (C=O) groups is 2. The third-order valence-corrected chi connectivity index (χ3v) is 5.89. The summed E-state index contributed by atoms with van der Waals surface area (Å²) in [5, 5.41) is 0. The first kappa shape index (κ1) is 20.3.